The minimum absolute atomic E-state index is 0.273. The van der Waals surface area contributed by atoms with Crippen LogP contribution < -0.4 is 4.90 Å². The number of oxazole rings is 1. The smallest absolute Gasteiger partial charge is 0.235 e. The quantitative estimate of drug-likeness (QED) is 0.903. The van der Waals surface area contributed by atoms with Crippen LogP contribution >= 0.6 is 0 Å². The number of aliphatic hydroxyl groups is 1. The van der Waals surface area contributed by atoms with Crippen LogP contribution in [0.4, 0.5) is 5.88 Å². The molecule has 2 aromatic rings. The second kappa shape index (κ2) is 4.99. The van der Waals surface area contributed by atoms with Crippen molar-refractivity contribution in [1.29, 1.82) is 5.26 Å². The second-order valence-corrected chi connectivity index (χ2v) is 5.04. The van der Waals surface area contributed by atoms with Crippen LogP contribution in [-0.4, -0.2) is 29.3 Å². The number of anilines is 1. The van der Waals surface area contributed by atoms with E-state index >= 15 is 0 Å². The van der Waals surface area contributed by atoms with E-state index < -0.39 is 0 Å². The van der Waals surface area contributed by atoms with Crippen LogP contribution in [0.5, 0.6) is 0 Å². The summed E-state index contributed by atoms with van der Waals surface area (Å²) in [4.78, 5) is 6.12. The van der Waals surface area contributed by atoms with E-state index in [9.17, 15) is 10.4 Å². The highest BCUT2D eigenvalue weighted by Gasteiger charge is 2.27. The topological polar surface area (TPSA) is 73.3 Å². The minimum atomic E-state index is -0.366. The molecule has 0 unspecified atom stereocenters. The molecule has 1 aliphatic rings. The van der Waals surface area contributed by atoms with Crippen molar-refractivity contribution in [1.82, 2.24) is 4.98 Å². The Bertz CT molecular complexity index is 655. The molecule has 1 aromatic heterocycles. The zero-order chi connectivity index (χ0) is 14.1. The average Bonchev–Trinajstić information content (AvgIpc) is 3.05. The van der Waals surface area contributed by atoms with E-state index in [0.717, 1.165) is 11.1 Å². The Morgan fingerprint density at radius 3 is 2.75 bits per heavy atom. The summed E-state index contributed by atoms with van der Waals surface area (Å²) in [6.07, 6.45) is 0.320. The number of aliphatic hydroxyl groups excluding tert-OH is 1. The lowest BCUT2D eigenvalue weighted by atomic mass is 10.1. The summed E-state index contributed by atoms with van der Waals surface area (Å²) in [7, 11) is 0. The number of hydrogen-bond donors (Lipinski definition) is 1. The summed E-state index contributed by atoms with van der Waals surface area (Å²) in [6.45, 7) is 3.17. The third-order valence-electron chi connectivity index (χ3n) is 3.46. The average molecular weight is 269 g/mol. The third kappa shape index (κ3) is 2.26. The molecule has 1 aromatic carbocycles. The Hall–Kier alpha value is -2.32. The van der Waals surface area contributed by atoms with Gasteiger partial charge in [0.1, 0.15) is 6.07 Å². The Labute approximate surface area is 117 Å². The van der Waals surface area contributed by atoms with Gasteiger partial charge in [0, 0.05) is 18.7 Å². The largest absolute Gasteiger partial charge is 0.419 e. The van der Waals surface area contributed by atoms with Crippen LogP contribution in [0.1, 0.15) is 17.7 Å². The highest BCUT2D eigenvalue weighted by Crippen LogP contribution is 2.30. The third-order valence-corrected chi connectivity index (χ3v) is 3.46. The molecule has 1 aliphatic heterocycles. The van der Waals surface area contributed by atoms with Gasteiger partial charge in [0.05, 0.1) is 6.10 Å². The lowest BCUT2D eigenvalue weighted by Crippen LogP contribution is -2.21. The summed E-state index contributed by atoms with van der Waals surface area (Å²) in [5.41, 5.74) is 2.27. The van der Waals surface area contributed by atoms with E-state index in [1.54, 1.807) is 0 Å². The number of benzene rings is 1. The van der Waals surface area contributed by atoms with Gasteiger partial charge in [-0.15, -0.1) is 0 Å². The van der Waals surface area contributed by atoms with Crippen molar-refractivity contribution < 1.29 is 9.52 Å². The van der Waals surface area contributed by atoms with Gasteiger partial charge < -0.3 is 14.4 Å². The maximum Gasteiger partial charge on any atom is 0.235 e. The Balaban J connectivity index is 1.96. The van der Waals surface area contributed by atoms with E-state index in [0.29, 0.717) is 31.3 Å². The zero-order valence-corrected chi connectivity index (χ0v) is 11.2. The molecule has 0 radical (unpaired) electrons. The molecule has 1 N–H and O–H groups in total. The predicted molar refractivity (Wildman–Crippen MR) is 74.2 cm³/mol. The van der Waals surface area contributed by atoms with Crippen molar-refractivity contribution >= 4 is 5.88 Å². The normalized spacial score (nSPS) is 18.2. The van der Waals surface area contributed by atoms with Crippen molar-refractivity contribution in [3.05, 3.63) is 35.5 Å². The number of aromatic nitrogens is 1. The van der Waals surface area contributed by atoms with Crippen molar-refractivity contribution in [2.24, 2.45) is 0 Å². The van der Waals surface area contributed by atoms with E-state index in [1.807, 2.05) is 36.1 Å². The summed E-state index contributed by atoms with van der Waals surface area (Å²) >= 11 is 0. The fourth-order valence-corrected chi connectivity index (χ4v) is 2.35. The fraction of sp³-hybridized carbons (Fsp3) is 0.333. The summed E-state index contributed by atoms with van der Waals surface area (Å²) in [6, 6.07) is 9.86. The molecule has 1 atom stereocenters. The van der Waals surface area contributed by atoms with Crippen molar-refractivity contribution in [2.45, 2.75) is 19.4 Å². The molecule has 2 heterocycles. The molecule has 0 spiro atoms. The summed E-state index contributed by atoms with van der Waals surface area (Å²) < 4.78 is 5.75. The lowest BCUT2D eigenvalue weighted by Gasteiger charge is -2.13. The molecule has 0 aliphatic carbocycles. The van der Waals surface area contributed by atoms with E-state index in [-0.39, 0.29) is 11.8 Å². The number of aryl methyl sites for hydroxylation is 1. The monoisotopic (exact) mass is 269 g/mol. The van der Waals surface area contributed by atoms with Crippen LogP contribution in [0.2, 0.25) is 0 Å². The van der Waals surface area contributed by atoms with Crippen LogP contribution in [0, 0.1) is 18.3 Å². The van der Waals surface area contributed by atoms with Crippen molar-refractivity contribution in [2.75, 3.05) is 18.0 Å². The standard InChI is InChI=1S/C15H15N3O2/c1-10-2-4-11(5-3-10)14-17-13(8-16)15(20-14)18-7-6-12(19)9-18/h2-5,12,19H,6-7,9H2,1H3/t12-/m1/s1. The van der Waals surface area contributed by atoms with Gasteiger partial charge in [0.2, 0.25) is 17.5 Å². The molecule has 5 heteroatoms. The van der Waals surface area contributed by atoms with Gasteiger partial charge in [-0.1, -0.05) is 17.7 Å². The molecule has 0 bridgehead atoms. The second-order valence-electron chi connectivity index (χ2n) is 5.04. The summed E-state index contributed by atoms with van der Waals surface area (Å²) in [5.74, 6) is 0.901. The maximum absolute atomic E-state index is 9.59. The Morgan fingerprint density at radius 1 is 1.40 bits per heavy atom. The van der Waals surface area contributed by atoms with Crippen LogP contribution in [0.3, 0.4) is 0 Å². The molecular formula is C15H15N3O2. The van der Waals surface area contributed by atoms with Gasteiger partial charge in [-0.25, -0.2) is 0 Å². The molecule has 3 rings (SSSR count). The van der Waals surface area contributed by atoms with Crippen molar-refractivity contribution in [3.63, 3.8) is 0 Å². The van der Waals surface area contributed by atoms with Gasteiger partial charge in [0.15, 0.2) is 0 Å². The van der Waals surface area contributed by atoms with Crippen molar-refractivity contribution in [3.8, 4) is 17.5 Å². The highest BCUT2D eigenvalue weighted by molar-refractivity contribution is 5.60. The first-order valence-electron chi connectivity index (χ1n) is 6.58. The number of rotatable bonds is 2. The zero-order valence-electron chi connectivity index (χ0n) is 11.2. The first kappa shape index (κ1) is 12.7. The van der Waals surface area contributed by atoms with Gasteiger partial charge in [-0.3, -0.25) is 0 Å². The number of β-amino-alcohol motifs (C(OH)–C–C–N with tert-alkyl or cyclic N) is 1. The van der Waals surface area contributed by atoms with Gasteiger partial charge in [-0.2, -0.15) is 10.2 Å². The number of nitrogens with zero attached hydrogens (tertiary/aromatic N) is 3. The van der Waals surface area contributed by atoms with E-state index in [4.69, 9.17) is 4.42 Å². The minimum Gasteiger partial charge on any atom is -0.419 e. The summed E-state index contributed by atoms with van der Waals surface area (Å²) in [5, 5.41) is 18.8. The van der Waals surface area contributed by atoms with E-state index in [1.165, 1.54) is 0 Å². The molecule has 102 valence electrons. The molecule has 0 amide bonds. The predicted octanol–water partition coefficient (Wildman–Crippen LogP) is 2.09. The van der Waals surface area contributed by atoms with Gasteiger partial charge >= 0.3 is 0 Å². The molecule has 5 nitrogen and oxygen atoms in total. The Kier molecular flexibility index (Phi) is 3.17. The lowest BCUT2D eigenvalue weighted by molar-refractivity contribution is 0.198. The number of hydrogen-bond acceptors (Lipinski definition) is 5. The van der Waals surface area contributed by atoms with Gasteiger partial charge in [-0.05, 0) is 25.5 Å². The van der Waals surface area contributed by atoms with E-state index in [2.05, 4.69) is 11.1 Å². The SMILES string of the molecule is Cc1ccc(-c2nc(C#N)c(N3CC[C@@H](O)C3)o2)cc1. The van der Waals surface area contributed by atoms with Crippen LogP contribution in [-0.2, 0) is 0 Å². The molecule has 1 fully saturated rings. The number of nitriles is 1. The first-order valence-corrected chi connectivity index (χ1v) is 6.58. The molecular weight excluding hydrogens is 254 g/mol. The fourth-order valence-electron chi connectivity index (χ4n) is 2.35. The Morgan fingerprint density at radius 2 is 2.15 bits per heavy atom. The van der Waals surface area contributed by atoms with Crippen LogP contribution in [0.15, 0.2) is 28.7 Å². The van der Waals surface area contributed by atoms with Gasteiger partial charge in [0.25, 0.3) is 0 Å². The molecule has 0 saturated carbocycles. The first-order chi connectivity index (χ1) is 9.67. The maximum atomic E-state index is 9.59. The molecule has 1 saturated heterocycles. The van der Waals surface area contributed by atoms with Crippen LogP contribution in [0.25, 0.3) is 11.5 Å². The highest BCUT2D eigenvalue weighted by atomic mass is 16.4. The molecule has 20 heavy (non-hydrogen) atoms.